The Morgan fingerprint density at radius 2 is 0.558 bits per heavy atom. The summed E-state index contributed by atoms with van der Waals surface area (Å²) >= 11 is 3.58. The van der Waals surface area contributed by atoms with Gasteiger partial charge in [-0.15, -0.1) is 0 Å². The molecule has 0 amide bonds. The molecule has 250 valence electrons. The molecule has 52 heavy (non-hydrogen) atoms. The molecule has 0 saturated carbocycles. The van der Waals surface area contributed by atoms with Gasteiger partial charge in [-0.3, -0.25) is 0 Å². The standard InChI is InChI=1S/C48H35OS3/c1-4-10-36(11-5-1)38-16-22-42(23-17-38)50-44-26-32-47(33-27-44)52(46-30-20-41(21-31-46)49-40-14-8-3-9-15-40)48-34-28-45(29-35-48)51-43-24-18-39(19-25-43)37-12-6-2-7-13-37/h1-35H/q+1. The second kappa shape index (κ2) is 16.3. The molecule has 8 aromatic carbocycles. The zero-order valence-corrected chi connectivity index (χ0v) is 30.8. The minimum Gasteiger partial charge on any atom is -0.457 e. The molecule has 0 heterocycles. The van der Waals surface area contributed by atoms with E-state index in [1.165, 1.54) is 56.5 Å². The lowest BCUT2D eigenvalue weighted by Crippen LogP contribution is -2.04. The SMILES string of the molecule is c1ccc(Oc2ccc([S+](c3ccc(Sc4ccc(-c5ccccc5)cc4)cc3)c3ccc(Sc4ccc(-c5ccccc5)cc4)cc3)cc2)cc1. The fourth-order valence-corrected chi connectivity index (χ4v) is 9.60. The lowest BCUT2D eigenvalue weighted by molar-refractivity contribution is 0.482. The van der Waals surface area contributed by atoms with E-state index in [1.807, 2.05) is 30.3 Å². The van der Waals surface area contributed by atoms with Crippen molar-refractivity contribution in [2.75, 3.05) is 0 Å². The second-order valence-corrected chi connectivity index (χ2v) is 16.4. The summed E-state index contributed by atoms with van der Waals surface area (Å²) in [7, 11) is -0.302. The van der Waals surface area contributed by atoms with Gasteiger partial charge in [0.05, 0.1) is 10.9 Å². The van der Waals surface area contributed by atoms with Crippen LogP contribution in [-0.2, 0) is 10.9 Å². The first-order valence-electron chi connectivity index (χ1n) is 17.2. The molecule has 0 bridgehead atoms. The molecule has 0 saturated heterocycles. The zero-order valence-electron chi connectivity index (χ0n) is 28.3. The van der Waals surface area contributed by atoms with Crippen LogP contribution in [0.4, 0.5) is 0 Å². The Labute approximate surface area is 317 Å². The molecule has 8 rings (SSSR count). The van der Waals surface area contributed by atoms with Crippen molar-refractivity contribution in [3.63, 3.8) is 0 Å². The highest BCUT2D eigenvalue weighted by molar-refractivity contribution is 7.99. The minimum absolute atomic E-state index is 0.302. The van der Waals surface area contributed by atoms with E-state index < -0.39 is 0 Å². The first kappa shape index (κ1) is 33.7. The summed E-state index contributed by atoms with van der Waals surface area (Å²) in [4.78, 5) is 8.68. The van der Waals surface area contributed by atoms with E-state index >= 15 is 0 Å². The number of hydrogen-bond donors (Lipinski definition) is 0. The van der Waals surface area contributed by atoms with Crippen molar-refractivity contribution >= 4 is 34.4 Å². The fraction of sp³-hybridized carbons (Fsp3) is 0. The smallest absolute Gasteiger partial charge is 0.166 e. The van der Waals surface area contributed by atoms with Crippen molar-refractivity contribution in [3.8, 4) is 33.8 Å². The summed E-state index contributed by atoms with van der Waals surface area (Å²) in [5.74, 6) is 1.66. The molecule has 0 fully saturated rings. The molecule has 8 aromatic rings. The normalized spacial score (nSPS) is 11.0. The summed E-state index contributed by atoms with van der Waals surface area (Å²) in [5, 5.41) is 0. The van der Waals surface area contributed by atoms with Gasteiger partial charge in [-0.2, -0.15) is 0 Å². The number of ether oxygens (including phenoxy) is 1. The van der Waals surface area contributed by atoms with Crippen molar-refractivity contribution in [3.05, 3.63) is 212 Å². The predicted molar refractivity (Wildman–Crippen MR) is 220 cm³/mol. The summed E-state index contributed by atoms with van der Waals surface area (Å²) < 4.78 is 6.13. The van der Waals surface area contributed by atoms with Crippen molar-refractivity contribution in [2.45, 2.75) is 34.3 Å². The van der Waals surface area contributed by atoms with Crippen LogP contribution in [0.1, 0.15) is 0 Å². The number of benzene rings is 8. The van der Waals surface area contributed by atoms with Crippen LogP contribution in [0.2, 0.25) is 0 Å². The molecule has 0 radical (unpaired) electrons. The molecule has 1 nitrogen and oxygen atoms in total. The molecule has 0 unspecified atom stereocenters. The van der Waals surface area contributed by atoms with Crippen molar-refractivity contribution < 1.29 is 4.74 Å². The molecular formula is C48H35OS3+. The third-order valence-electron chi connectivity index (χ3n) is 8.55. The molecule has 4 heteroatoms. The summed E-state index contributed by atoms with van der Waals surface area (Å²) in [6.07, 6.45) is 0. The topological polar surface area (TPSA) is 9.23 Å². The first-order chi connectivity index (χ1) is 25.7. The van der Waals surface area contributed by atoms with Gasteiger partial charge in [0.2, 0.25) is 0 Å². The van der Waals surface area contributed by atoms with Crippen molar-refractivity contribution in [1.29, 1.82) is 0 Å². The highest BCUT2D eigenvalue weighted by Gasteiger charge is 2.29. The summed E-state index contributed by atoms with van der Waals surface area (Å²) in [6.45, 7) is 0. The van der Waals surface area contributed by atoms with E-state index in [2.05, 4.69) is 182 Å². The maximum absolute atomic E-state index is 6.13. The van der Waals surface area contributed by atoms with Crippen molar-refractivity contribution in [2.24, 2.45) is 0 Å². The number of para-hydroxylation sites is 1. The molecule has 0 spiro atoms. The Balaban J connectivity index is 1.02. The van der Waals surface area contributed by atoms with Gasteiger partial charge in [0.1, 0.15) is 11.5 Å². The summed E-state index contributed by atoms with van der Waals surface area (Å²) in [6, 6.07) is 75.4. The molecule has 0 aliphatic carbocycles. The Morgan fingerprint density at radius 3 is 0.942 bits per heavy atom. The van der Waals surface area contributed by atoms with E-state index in [0.29, 0.717) is 0 Å². The fourth-order valence-electron chi connectivity index (χ4n) is 5.93. The molecule has 0 atom stereocenters. The minimum atomic E-state index is -0.302. The van der Waals surface area contributed by atoms with Crippen LogP contribution in [0.5, 0.6) is 11.5 Å². The van der Waals surface area contributed by atoms with Gasteiger partial charge in [-0.05, 0) is 131 Å². The van der Waals surface area contributed by atoms with Gasteiger partial charge < -0.3 is 4.74 Å². The van der Waals surface area contributed by atoms with E-state index in [-0.39, 0.29) is 10.9 Å². The monoisotopic (exact) mass is 723 g/mol. The lowest BCUT2D eigenvalue weighted by atomic mass is 10.1. The van der Waals surface area contributed by atoms with Crippen LogP contribution >= 0.6 is 23.5 Å². The zero-order chi connectivity index (χ0) is 35.0. The van der Waals surface area contributed by atoms with Gasteiger partial charge in [-0.1, -0.05) is 127 Å². The third-order valence-corrected chi connectivity index (χ3v) is 12.8. The Bertz CT molecular complexity index is 2180. The summed E-state index contributed by atoms with van der Waals surface area (Å²) in [5.41, 5.74) is 4.93. The van der Waals surface area contributed by atoms with Gasteiger partial charge >= 0.3 is 0 Å². The van der Waals surface area contributed by atoms with E-state index in [1.54, 1.807) is 23.5 Å². The van der Waals surface area contributed by atoms with Gasteiger partial charge in [0.15, 0.2) is 14.7 Å². The van der Waals surface area contributed by atoms with Crippen LogP contribution < -0.4 is 4.74 Å². The quantitative estimate of drug-likeness (QED) is 0.123. The largest absolute Gasteiger partial charge is 0.457 e. The average Bonchev–Trinajstić information content (AvgIpc) is 3.22. The van der Waals surface area contributed by atoms with Crippen LogP contribution in [0.25, 0.3) is 22.3 Å². The molecule has 0 aromatic heterocycles. The predicted octanol–water partition coefficient (Wildman–Crippen LogP) is 14.2. The van der Waals surface area contributed by atoms with Crippen molar-refractivity contribution in [1.82, 2.24) is 0 Å². The van der Waals surface area contributed by atoms with Gasteiger partial charge in [0.25, 0.3) is 0 Å². The first-order valence-corrected chi connectivity index (χ1v) is 20.0. The maximum Gasteiger partial charge on any atom is 0.166 e. The lowest BCUT2D eigenvalue weighted by Gasteiger charge is -2.11. The highest BCUT2D eigenvalue weighted by Crippen LogP contribution is 2.37. The van der Waals surface area contributed by atoms with E-state index in [9.17, 15) is 0 Å². The third kappa shape index (κ3) is 8.38. The molecule has 0 aliphatic rings. The Kier molecular flexibility index (Phi) is 10.6. The van der Waals surface area contributed by atoms with Crippen LogP contribution in [0, 0.1) is 0 Å². The average molecular weight is 724 g/mol. The Morgan fingerprint density at radius 1 is 0.269 bits per heavy atom. The number of hydrogen-bond acceptors (Lipinski definition) is 3. The van der Waals surface area contributed by atoms with Gasteiger partial charge in [-0.25, -0.2) is 0 Å². The van der Waals surface area contributed by atoms with E-state index in [4.69, 9.17) is 4.74 Å². The molecule has 0 N–H and O–H groups in total. The number of rotatable bonds is 11. The van der Waals surface area contributed by atoms with E-state index in [0.717, 1.165) is 11.5 Å². The highest BCUT2D eigenvalue weighted by atomic mass is 32.2. The Hall–Kier alpha value is -5.39. The van der Waals surface area contributed by atoms with Crippen LogP contribution in [0.15, 0.2) is 247 Å². The molecule has 0 aliphatic heterocycles. The van der Waals surface area contributed by atoms with Gasteiger partial charge in [0, 0.05) is 19.6 Å². The molecular weight excluding hydrogens is 689 g/mol. The van der Waals surface area contributed by atoms with Crippen LogP contribution in [0.3, 0.4) is 0 Å². The van der Waals surface area contributed by atoms with Crippen LogP contribution in [-0.4, -0.2) is 0 Å². The second-order valence-electron chi connectivity index (χ2n) is 12.1. The maximum atomic E-state index is 6.13.